The van der Waals surface area contributed by atoms with Crippen LogP contribution in [0.15, 0.2) is 48.7 Å². The van der Waals surface area contributed by atoms with E-state index in [1.807, 2.05) is 35.0 Å². The summed E-state index contributed by atoms with van der Waals surface area (Å²) in [5.41, 5.74) is 1.37. The maximum atomic E-state index is 13.6. The molecule has 0 amide bonds. The molecule has 0 saturated carbocycles. The van der Waals surface area contributed by atoms with Crippen LogP contribution in [0.4, 0.5) is 8.78 Å². The number of benzene rings is 2. The van der Waals surface area contributed by atoms with E-state index in [4.69, 9.17) is 11.6 Å². The fraction of sp³-hybridized carbons (Fsp3) is 0.0667. The number of nitrogens with zero attached hydrogens (tertiary/aromatic N) is 1. The lowest BCUT2D eigenvalue weighted by molar-refractivity contribution is 0.567. The number of hydrogen-bond donors (Lipinski definition) is 0. The van der Waals surface area contributed by atoms with Gasteiger partial charge in [0.05, 0.1) is 6.54 Å². The van der Waals surface area contributed by atoms with Crippen molar-refractivity contribution in [1.29, 1.82) is 0 Å². The van der Waals surface area contributed by atoms with Crippen molar-refractivity contribution < 1.29 is 8.78 Å². The van der Waals surface area contributed by atoms with Crippen molar-refractivity contribution in [2.75, 3.05) is 0 Å². The molecule has 0 spiro atoms. The van der Waals surface area contributed by atoms with Gasteiger partial charge in [-0.2, -0.15) is 0 Å². The summed E-state index contributed by atoms with van der Waals surface area (Å²) >= 11 is 5.97. The molecule has 1 aromatic heterocycles. The molecule has 4 heteroatoms. The van der Waals surface area contributed by atoms with E-state index >= 15 is 0 Å². The smallest absolute Gasteiger partial charge is 0.131 e. The zero-order chi connectivity index (χ0) is 13.4. The Hall–Kier alpha value is -1.87. The first-order valence-electron chi connectivity index (χ1n) is 5.82. The zero-order valence-corrected chi connectivity index (χ0v) is 10.7. The number of fused-ring (bicyclic) bond motifs is 1. The Kier molecular flexibility index (Phi) is 2.99. The van der Waals surface area contributed by atoms with Gasteiger partial charge >= 0.3 is 0 Å². The minimum Gasteiger partial charge on any atom is -0.343 e. The molecule has 0 N–H and O–H groups in total. The van der Waals surface area contributed by atoms with Gasteiger partial charge in [-0.05, 0) is 29.7 Å². The number of halogens is 3. The van der Waals surface area contributed by atoms with E-state index in [1.165, 1.54) is 12.1 Å². The SMILES string of the molecule is Fc1ccc(Cn2ccc3ccc(Cl)cc32)c(F)c1. The second-order valence-electron chi connectivity index (χ2n) is 4.38. The molecule has 1 heterocycles. The van der Waals surface area contributed by atoms with Crippen LogP contribution < -0.4 is 0 Å². The number of aromatic nitrogens is 1. The Labute approximate surface area is 114 Å². The lowest BCUT2D eigenvalue weighted by Crippen LogP contribution is -2.00. The van der Waals surface area contributed by atoms with Gasteiger partial charge in [-0.15, -0.1) is 0 Å². The molecule has 1 nitrogen and oxygen atoms in total. The Balaban J connectivity index is 2.03. The van der Waals surface area contributed by atoms with E-state index in [9.17, 15) is 8.78 Å². The highest BCUT2D eigenvalue weighted by Gasteiger charge is 2.07. The van der Waals surface area contributed by atoms with Crippen LogP contribution in [0.5, 0.6) is 0 Å². The van der Waals surface area contributed by atoms with Crippen molar-refractivity contribution in [3.8, 4) is 0 Å². The van der Waals surface area contributed by atoms with Gasteiger partial charge in [0, 0.05) is 28.4 Å². The molecule has 0 bridgehead atoms. The normalized spacial score (nSPS) is 11.1. The minimum atomic E-state index is -0.568. The van der Waals surface area contributed by atoms with Crippen molar-refractivity contribution in [2.24, 2.45) is 0 Å². The lowest BCUT2D eigenvalue weighted by atomic mass is 10.2. The zero-order valence-electron chi connectivity index (χ0n) is 9.91. The van der Waals surface area contributed by atoms with Gasteiger partial charge in [-0.1, -0.05) is 23.7 Å². The largest absolute Gasteiger partial charge is 0.343 e. The van der Waals surface area contributed by atoms with Crippen LogP contribution in [-0.2, 0) is 6.54 Å². The molecule has 2 aromatic carbocycles. The van der Waals surface area contributed by atoms with E-state index in [2.05, 4.69) is 0 Å². The maximum Gasteiger partial charge on any atom is 0.131 e. The topological polar surface area (TPSA) is 4.93 Å². The Morgan fingerprint density at radius 2 is 1.84 bits per heavy atom. The third-order valence-electron chi connectivity index (χ3n) is 3.09. The molecule has 0 aliphatic heterocycles. The molecule has 0 radical (unpaired) electrons. The molecule has 0 fully saturated rings. The molecular weight excluding hydrogens is 268 g/mol. The molecule has 0 saturated heterocycles. The average molecular weight is 278 g/mol. The summed E-state index contributed by atoms with van der Waals surface area (Å²) in [7, 11) is 0. The van der Waals surface area contributed by atoms with Gasteiger partial charge < -0.3 is 4.57 Å². The van der Waals surface area contributed by atoms with Crippen LogP contribution >= 0.6 is 11.6 Å². The van der Waals surface area contributed by atoms with Crippen LogP contribution in [0.25, 0.3) is 10.9 Å². The van der Waals surface area contributed by atoms with Crippen LogP contribution in [0.2, 0.25) is 5.02 Å². The highest BCUT2D eigenvalue weighted by atomic mass is 35.5. The monoisotopic (exact) mass is 277 g/mol. The average Bonchev–Trinajstić information content (AvgIpc) is 2.75. The summed E-state index contributed by atoms with van der Waals surface area (Å²) in [4.78, 5) is 0. The van der Waals surface area contributed by atoms with Crippen molar-refractivity contribution in [3.63, 3.8) is 0 Å². The van der Waals surface area contributed by atoms with E-state index in [-0.39, 0.29) is 0 Å². The highest BCUT2D eigenvalue weighted by molar-refractivity contribution is 6.31. The van der Waals surface area contributed by atoms with Gasteiger partial charge in [-0.25, -0.2) is 8.78 Å². The fourth-order valence-electron chi connectivity index (χ4n) is 2.13. The Morgan fingerprint density at radius 1 is 1.00 bits per heavy atom. The van der Waals surface area contributed by atoms with E-state index in [0.717, 1.165) is 17.0 Å². The minimum absolute atomic E-state index is 0.343. The van der Waals surface area contributed by atoms with Crippen molar-refractivity contribution in [1.82, 2.24) is 4.57 Å². The molecule has 3 aromatic rings. The third kappa shape index (κ3) is 2.34. The summed E-state index contributed by atoms with van der Waals surface area (Å²) in [6.07, 6.45) is 1.86. The first-order chi connectivity index (χ1) is 9.13. The fourth-order valence-corrected chi connectivity index (χ4v) is 2.29. The van der Waals surface area contributed by atoms with E-state index in [0.29, 0.717) is 17.1 Å². The molecule has 3 rings (SSSR count). The van der Waals surface area contributed by atoms with E-state index < -0.39 is 11.6 Å². The predicted molar refractivity (Wildman–Crippen MR) is 72.4 cm³/mol. The highest BCUT2D eigenvalue weighted by Crippen LogP contribution is 2.22. The standard InChI is InChI=1S/C15H10ClF2N/c16-12-3-1-10-5-6-19(15(10)7-12)9-11-2-4-13(17)8-14(11)18/h1-8H,9H2. The van der Waals surface area contributed by atoms with Gasteiger partial charge in [0.1, 0.15) is 11.6 Å². The van der Waals surface area contributed by atoms with Crippen LogP contribution in [-0.4, -0.2) is 4.57 Å². The molecule has 0 atom stereocenters. The molecule has 0 unspecified atom stereocenters. The van der Waals surface area contributed by atoms with Crippen LogP contribution in [0, 0.1) is 11.6 Å². The van der Waals surface area contributed by atoms with Crippen molar-refractivity contribution in [3.05, 3.63) is 70.9 Å². The van der Waals surface area contributed by atoms with Crippen LogP contribution in [0.3, 0.4) is 0 Å². The summed E-state index contributed by atoms with van der Waals surface area (Å²) in [5.74, 6) is -1.11. The lowest BCUT2D eigenvalue weighted by Gasteiger charge is -2.07. The van der Waals surface area contributed by atoms with Gasteiger partial charge in [-0.3, -0.25) is 0 Å². The molecule has 0 aliphatic carbocycles. The van der Waals surface area contributed by atoms with Crippen molar-refractivity contribution >= 4 is 22.5 Å². The quantitative estimate of drug-likeness (QED) is 0.644. The number of rotatable bonds is 2. The van der Waals surface area contributed by atoms with Crippen LogP contribution in [0.1, 0.15) is 5.56 Å². The first-order valence-corrected chi connectivity index (χ1v) is 6.19. The summed E-state index contributed by atoms with van der Waals surface area (Å²) in [5, 5.41) is 1.67. The molecule has 0 aliphatic rings. The first kappa shape index (κ1) is 12.2. The second-order valence-corrected chi connectivity index (χ2v) is 4.82. The maximum absolute atomic E-state index is 13.6. The Bertz CT molecular complexity index is 749. The molecule has 96 valence electrons. The van der Waals surface area contributed by atoms with E-state index in [1.54, 1.807) is 0 Å². The van der Waals surface area contributed by atoms with Gasteiger partial charge in [0.25, 0.3) is 0 Å². The van der Waals surface area contributed by atoms with Crippen molar-refractivity contribution in [2.45, 2.75) is 6.54 Å². The summed E-state index contributed by atoms with van der Waals surface area (Å²) in [6, 6.07) is 11.1. The third-order valence-corrected chi connectivity index (χ3v) is 3.33. The summed E-state index contributed by atoms with van der Waals surface area (Å²) < 4.78 is 28.4. The van der Waals surface area contributed by atoms with Gasteiger partial charge in [0.2, 0.25) is 0 Å². The Morgan fingerprint density at radius 3 is 2.63 bits per heavy atom. The molecule has 19 heavy (non-hydrogen) atoms. The molecular formula is C15H10ClF2N. The van der Waals surface area contributed by atoms with Gasteiger partial charge in [0.15, 0.2) is 0 Å². The predicted octanol–water partition coefficient (Wildman–Crippen LogP) is 4.62. The summed E-state index contributed by atoms with van der Waals surface area (Å²) in [6.45, 7) is 0.343. The number of hydrogen-bond acceptors (Lipinski definition) is 0. The second kappa shape index (κ2) is 4.67.